The molecule has 0 radical (unpaired) electrons. The Balaban J connectivity index is 1.49. The van der Waals surface area contributed by atoms with Crippen molar-refractivity contribution >= 4 is 35.4 Å². The molecule has 10 nitrogen and oxygen atoms in total. The fourth-order valence-electron chi connectivity index (χ4n) is 4.35. The Labute approximate surface area is 234 Å². The monoisotopic (exact) mass is 556 g/mol. The Hall–Kier alpha value is -4.95. The maximum atomic E-state index is 13.6. The van der Waals surface area contributed by atoms with Crippen molar-refractivity contribution in [1.29, 1.82) is 5.26 Å². The Bertz CT molecular complexity index is 1560. The molecule has 5 rings (SSSR count). The Morgan fingerprint density at radius 2 is 1.85 bits per heavy atom. The lowest BCUT2D eigenvalue weighted by Crippen LogP contribution is -2.47. The van der Waals surface area contributed by atoms with E-state index >= 15 is 0 Å². The van der Waals surface area contributed by atoms with Gasteiger partial charge in [0, 0.05) is 4.90 Å². The van der Waals surface area contributed by atoms with E-state index in [1.807, 2.05) is 6.07 Å². The average molecular weight is 557 g/mol. The standard InChI is InChI=1S/C29H24N4O6S/c1-37-22-7-2-3-8-23(22)38-15-21-26(28(35)39-14-18-6-4-5-17(11-18)13-30)27(33-29(36)32-21)19-9-10-24-20(12-19)31-25(34)16-40-24/h2-12,27H,14-16H2,1H3,(H,31,34)(H2,32,33,36). The molecule has 0 saturated carbocycles. The van der Waals surface area contributed by atoms with Crippen molar-refractivity contribution in [2.24, 2.45) is 0 Å². The lowest BCUT2D eigenvalue weighted by atomic mass is 9.94. The van der Waals surface area contributed by atoms with Crippen LogP contribution >= 0.6 is 11.8 Å². The molecule has 0 saturated heterocycles. The summed E-state index contributed by atoms with van der Waals surface area (Å²) in [7, 11) is 1.51. The van der Waals surface area contributed by atoms with Crippen LogP contribution < -0.4 is 25.4 Å². The molecule has 2 aliphatic heterocycles. The summed E-state index contributed by atoms with van der Waals surface area (Å²) in [4.78, 5) is 39.2. The van der Waals surface area contributed by atoms with E-state index in [2.05, 4.69) is 22.0 Å². The van der Waals surface area contributed by atoms with Crippen LogP contribution in [0.4, 0.5) is 10.5 Å². The molecule has 0 fully saturated rings. The Morgan fingerprint density at radius 3 is 2.65 bits per heavy atom. The summed E-state index contributed by atoms with van der Waals surface area (Å²) in [5.74, 6) is 0.408. The first kappa shape index (κ1) is 26.6. The molecular formula is C29H24N4O6S. The maximum absolute atomic E-state index is 13.6. The van der Waals surface area contributed by atoms with E-state index in [1.54, 1.807) is 60.7 Å². The number of hydrogen-bond acceptors (Lipinski definition) is 8. The Kier molecular flexibility index (Phi) is 7.89. The summed E-state index contributed by atoms with van der Waals surface area (Å²) in [5, 5.41) is 17.5. The second-order valence-corrected chi connectivity index (χ2v) is 9.86. The molecule has 0 bridgehead atoms. The largest absolute Gasteiger partial charge is 0.493 e. The number of para-hydroxylation sites is 2. The zero-order valence-electron chi connectivity index (χ0n) is 21.4. The highest BCUT2D eigenvalue weighted by Crippen LogP contribution is 2.36. The fourth-order valence-corrected chi connectivity index (χ4v) is 5.14. The van der Waals surface area contributed by atoms with Crippen LogP contribution in [0.25, 0.3) is 0 Å². The summed E-state index contributed by atoms with van der Waals surface area (Å²) in [6.07, 6.45) is 0. The number of anilines is 1. The second kappa shape index (κ2) is 11.8. The Morgan fingerprint density at radius 1 is 1.02 bits per heavy atom. The van der Waals surface area contributed by atoms with Gasteiger partial charge >= 0.3 is 12.0 Å². The second-order valence-electron chi connectivity index (χ2n) is 8.84. The van der Waals surface area contributed by atoms with Gasteiger partial charge in [-0.15, -0.1) is 11.8 Å². The topological polar surface area (TPSA) is 139 Å². The highest BCUT2D eigenvalue weighted by molar-refractivity contribution is 8.00. The minimum Gasteiger partial charge on any atom is -0.493 e. The smallest absolute Gasteiger partial charge is 0.338 e. The van der Waals surface area contributed by atoms with Crippen molar-refractivity contribution < 1.29 is 28.6 Å². The van der Waals surface area contributed by atoms with Gasteiger partial charge in [-0.25, -0.2) is 9.59 Å². The van der Waals surface area contributed by atoms with E-state index in [0.29, 0.717) is 39.6 Å². The predicted molar refractivity (Wildman–Crippen MR) is 147 cm³/mol. The summed E-state index contributed by atoms with van der Waals surface area (Å²) < 4.78 is 17.0. The number of hydrogen-bond donors (Lipinski definition) is 3. The van der Waals surface area contributed by atoms with E-state index < -0.39 is 18.0 Å². The molecule has 3 aromatic carbocycles. The number of ether oxygens (including phenoxy) is 3. The predicted octanol–water partition coefficient (Wildman–Crippen LogP) is 4.04. The normalized spacial score (nSPS) is 16.1. The van der Waals surface area contributed by atoms with Gasteiger partial charge in [-0.1, -0.05) is 30.3 Å². The maximum Gasteiger partial charge on any atom is 0.338 e. The molecular weight excluding hydrogens is 532 g/mol. The number of nitrogens with one attached hydrogen (secondary N) is 3. The summed E-state index contributed by atoms with van der Waals surface area (Å²) in [6, 6.07) is 19.8. The third-order valence-corrected chi connectivity index (χ3v) is 7.28. The number of esters is 1. The van der Waals surface area contributed by atoms with Gasteiger partial charge in [-0.05, 0) is 47.5 Å². The van der Waals surface area contributed by atoms with Gasteiger partial charge in [-0.3, -0.25) is 4.79 Å². The van der Waals surface area contributed by atoms with Crippen molar-refractivity contribution in [2.45, 2.75) is 17.5 Å². The van der Waals surface area contributed by atoms with E-state index in [-0.39, 0.29) is 30.4 Å². The number of nitriles is 1. The number of fused-ring (bicyclic) bond motifs is 1. The van der Waals surface area contributed by atoms with Crippen LogP contribution in [0.1, 0.15) is 22.7 Å². The summed E-state index contributed by atoms with van der Waals surface area (Å²) >= 11 is 1.41. The van der Waals surface area contributed by atoms with Crippen molar-refractivity contribution in [3.05, 3.63) is 94.7 Å². The molecule has 0 aliphatic carbocycles. The first-order chi connectivity index (χ1) is 19.4. The molecule has 3 aromatic rings. The molecule has 1 unspecified atom stereocenters. The SMILES string of the molecule is COc1ccccc1OCC1=C(C(=O)OCc2cccc(C#N)c2)C(c2ccc3c(c2)NC(=O)CS3)NC(=O)N1. The van der Waals surface area contributed by atoms with Crippen molar-refractivity contribution in [1.82, 2.24) is 10.6 Å². The van der Waals surface area contributed by atoms with Crippen molar-refractivity contribution in [3.8, 4) is 17.6 Å². The van der Waals surface area contributed by atoms with Crippen LogP contribution in [-0.4, -0.2) is 37.4 Å². The van der Waals surface area contributed by atoms with Gasteiger partial charge in [0.05, 0.1) is 47.5 Å². The molecule has 3 N–H and O–H groups in total. The highest BCUT2D eigenvalue weighted by Gasteiger charge is 2.35. The van der Waals surface area contributed by atoms with Gasteiger partial charge in [0.25, 0.3) is 0 Å². The van der Waals surface area contributed by atoms with E-state index in [1.165, 1.54) is 18.9 Å². The van der Waals surface area contributed by atoms with Gasteiger partial charge in [0.2, 0.25) is 5.91 Å². The van der Waals surface area contributed by atoms with Gasteiger partial charge in [0.1, 0.15) is 13.2 Å². The number of methoxy groups -OCH3 is 1. The van der Waals surface area contributed by atoms with E-state index in [4.69, 9.17) is 14.2 Å². The van der Waals surface area contributed by atoms with Crippen LogP contribution in [0.5, 0.6) is 11.5 Å². The number of nitrogens with zero attached hydrogens (tertiary/aromatic N) is 1. The third-order valence-electron chi connectivity index (χ3n) is 6.21. The van der Waals surface area contributed by atoms with Crippen LogP contribution in [0.3, 0.4) is 0 Å². The quantitative estimate of drug-likeness (QED) is 0.354. The van der Waals surface area contributed by atoms with E-state index in [0.717, 1.165) is 4.90 Å². The first-order valence-corrected chi connectivity index (χ1v) is 13.2. The number of carbonyl (C=O) groups excluding carboxylic acids is 3. The molecule has 2 heterocycles. The molecule has 202 valence electrons. The lowest BCUT2D eigenvalue weighted by Gasteiger charge is -2.30. The van der Waals surface area contributed by atoms with Crippen LogP contribution in [-0.2, 0) is 20.9 Å². The molecule has 40 heavy (non-hydrogen) atoms. The average Bonchev–Trinajstić information content (AvgIpc) is 2.98. The molecule has 0 aromatic heterocycles. The number of benzene rings is 3. The molecule has 1 atom stereocenters. The van der Waals surface area contributed by atoms with E-state index in [9.17, 15) is 19.6 Å². The summed E-state index contributed by atoms with van der Waals surface area (Å²) in [6.45, 7) is -0.244. The summed E-state index contributed by atoms with van der Waals surface area (Å²) in [5.41, 5.74) is 2.60. The minimum atomic E-state index is -0.892. The lowest BCUT2D eigenvalue weighted by molar-refractivity contribution is -0.140. The molecule has 11 heteroatoms. The number of urea groups is 1. The number of rotatable bonds is 8. The zero-order valence-corrected chi connectivity index (χ0v) is 22.2. The molecule has 2 aliphatic rings. The minimum absolute atomic E-state index is 0.0873. The van der Waals surface area contributed by atoms with Gasteiger partial charge in [0.15, 0.2) is 11.5 Å². The van der Waals surface area contributed by atoms with Crippen LogP contribution in [0.15, 0.2) is 82.9 Å². The number of carbonyl (C=O) groups is 3. The van der Waals surface area contributed by atoms with Crippen LogP contribution in [0.2, 0.25) is 0 Å². The first-order valence-electron chi connectivity index (χ1n) is 12.2. The molecule has 0 spiro atoms. The zero-order chi connectivity index (χ0) is 28.1. The number of thioether (sulfide) groups is 1. The third kappa shape index (κ3) is 5.87. The fraction of sp³-hybridized carbons (Fsp3) is 0.172. The molecule has 3 amide bonds. The highest BCUT2D eigenvalue weighted by atomic mass is 32.2. The number of amides is 3. The van der Waals surface area contributed by atoms with Crippen LogP contribution in [0, 0.1) is 11.3 Å². The van der Waals surface area contributed by atoms with Crippen molar-refractivity contribution in [3.63, 3.8) is 0 Å². The van der Waals surface area contributed by atoms with Gasteiger partial charge < -0.3 is 30.2 Å². The van der Waals surface area contributed by atoms with Gasteiger partial charge in [-0.2, -0.15) is 5.26 Å². The van der Waals surface area contributed by atoms with Crippen molar-refractivity contribution in [2.75, 3.05) is 24.8 Å².